The SMILES string of the molecule is CC(C)C1=CCC(=O)C(=O)C=C1. The van der Waals surface area contributed by atoms with Crippen molar-refractivity contribution in [1.29, 1.82) is 0 Å². The lowest BCUT2D eigenvalue weighted by Gasteiger charge is -2.02. The summed E-state index contributed by atoms with van der Waals surface area (Å²) in [6, 6.07) is 0. The van der Waals surface area contributed by atoms with Crippen molar-refractivity contribution in [2.24, 2.45) is 5.92 Å². The van der Waals surface area contributed by atoms with Gasteiger partial charge < -0.3 is 0 Å². The summed E-state index contributed by atoms with van der Waals surface area (Å²) in [4.78, 5) is 21.8. The van der Waals surface area contributed by atoms with Gasteiger partial charge in [-0.25, -0.2) is 0 Å². The van der Waals surface area contributed by atoms with Gasteiger partial charge in [-0.05, 0) is 17.6 Å². The smallest absolute Gasteiger partial charge is 0.221 e. The van der Waals surface area contributed by atoms with E-state index in [0.717, 1.165) is 5.57 Å². The zero-order valence-corrected chi connectivity index (χ0v) is 7.33. The third-order valence-corrected chi connectivity index (χ3v) is 1.89. The van der Waals surface area contributed by atoms with Crippen LogP contribution in [-0.2, 0) is 9.59 Å². The third kappa shape index (κ3) is 1.91. The van der Waals surface area contributed by atoms with Crippen molar-refractivity contribution in [1.82, 2.24) is 0 Å². The summed E-state index contributed by atoms with van der Waals surface area (Å²) < 4.78 is 0. The van der Waals surface area contributed by atoms with Gasteiger partial charge in [0, 0.05) is 6.42 Å². The van der Waals surface area contributed by atoms with Crippen LogP contribution in [0.5, 0.6) is 0 Å². The maximum Gasteiger partial charge on any atom is 0.221 e. The van der Waals surface area contributed by atoms with Gasteiger partial charge in [0.2, 0.25) is 11.6 Å². The molecule has 2 heteroatoms. The molecule has 0 saturated carbocycles. The summed E-state index contributed by atoms with van der Waals surface area (Å²) in [6.07, 6.45) is 5.17. The van der Waals surface area contributed by atoms with Crippen molar-refractivity contribution in [2.45, 2.75) is 20.3 Å². The second kappa shape index (κ2) is 3.48. The van der Waals surface area contributed by atoms with Gasteiger partial charge in [-0.15, -0.1) is 0 Å². The highest BCUT2D eigenvalue weighted by Gasteiger charge is 2.13. The van der Waals surface area contributed by atoms with E-state index in [2.05, 4.69) is 0 Å². The molecule has 0 unspecified atom stereocenters. The Kier molecular flexibility index (Phi) is 2.58. The fourth-order valence-electron chi connectivity index (χ4n) is 1.07. The minimum Gasteiger partial charge on any atom is -0.290 e. The average molecular weight is 164 g/mol. The van der Waals surface area contributed by atoms with E-state index in [1.54, 1.807) is 6.08 Å². The van der Waals surface area contributed by atoms with Crippen LogP contribution >= 0.6 is 0 Å². The molecule has 0 saturated heterocycles. The highest BCUT2D eigenvalue weighted by atomic mass is 16.2. The predicted molar refractivity (Wildman–Crippen MR) is 46.7 cm³/mol. The Morgan fingerprint density at radius 1 is 1.25 bits per heavy atom. The maximum atomic E-state index is 10.9. The minimum atomic E-state index is -0.387. The molecule has 0 N–H and O–H groups in total. The van der Waals surface area contributed by atoms with Crippen LogP contribution in [0.2, 0.25) is 0 Å². The Labute approximate surface area is 72.0 Å². The fraction of sp³-hybridized carbons (Fsp3) is 0.400. The second-order valence-corrected chi connectivity index (χ2v) is 3.18. The van der Waals surface area contributed by atoms with E-state index < -0.39 is 0 Å². The molecule has 2 nitrogen and oxygen atoms in total. The zero-order valence-electron chi connectivity index (χ0n) is 7.33. The van der Waals surface area contributed by atoms with E-state index in [1.807, 2.05) is 19.9 Å². The Morgan fingerprint density at radius 2 is 1.92 bits per heavy atom. The Hall–Kier alpha value is -1.18. The normalized spacial score (nSPS) is 18.1. The van der Waals surface area contributed by atoms with Gasteiger partial charge in [0.15, 0.2) is 0 Å². The van der Waals surface area contributed by atoms with Crippen LogP contribution < -0.4 is 0 Å². The van der Waals surface area contributed by atoms with Crippen molar-refractivity contribution in [3.63, 3.8) is 0 Å². The monoisotopic (exact) mass is 164 g/mol. The van der Waals surface area contributed by atoms with Gasteiger partial charge in [-0.1, -0.05) is 26.0 Å². The molecule has 0 aliphatic heterocycles. The van der Waals surface area contributed by atoms with Gasteiger partial charge in [-0.2, -0.15) is 0 Å². The number of Topliss-reactive ketones (excluding diaryl/α,β-unsaturated/α-hetero) is 1. The molecule has 0 fully saturated rings. The fourth-order valence-corrected chi connectivity index (χ4v) is 1.07. The van der Waals surface area contributed by atoms with Crippen LogP contribution in [-0.4, -0.2) is 11.6 Å². The summed E-state index contributed by atoms with van der Waals surface area (Å²) in [5.41, 5.74) is 1.06. The van der Waals surface area contributed by atoms with Crippen LogP contribution in [0.25, 0.3) is 0 Å². The highest BCUT2D eigenvalue weighted by molar-refractivity contribution is 6.42. The number of carbonyl (C=O) groups excluding carboxylic acids is 2. The Bertz CT molecular complexity index is 270. The number of rotatable bonds is 1. The molecule has 0 atom stereocenters. The van der Waals surface area contributed by atoms with Gasteiger partial charge in [0.05, 0.1) is 0 Å². The number of hydrogen-bond acceptors (Lipinski definition) is 2. The van der Waals surface area contributed by atoms with Crippen LogP contribution in [0.3, 0.4) is 0 Å². The van der Waals surface area contributed by atoms with Gasteiger partial charge in [0.25, 0.3) is 0 Å². The molecular weight excluding hydrogens is 152 g/mol. The summed E-state index contributed by atoms with van der Waals surface area (Å²) in [7, 11) is 0. The van der Waals surface area contributed by atoms with E-state index in [9.17, 15) is 9.59 Å². The molecule has 0 spiro atoms. The van der Waals surface area contributed by atoms with E-state index in [-0.39, 0.29) is 18.0 Å². The number of ketones is 2. The minimum absolute atomic E-state index is 0.249. The highest BCUT2D eigenvalue weighted by Crippen LogP contribution is 2.14. The van der Waals surface area contributed by atoms with Crippen molar-refractivity contribution < 1.29 is 9.59 Å². The van der Waals surface area contributed by atoms with Crippen LogP contribution in [0, 0.1) is 5.92 Å². The molecule has 12 heavy (non-hydrogen) atoms. The first-order valence-electron chi connectivity index (χ1n) is 4.06. The van der Waals surface area contributed by atoms with E-state index in [0.29, 0.717) is 5.92 Å². The van der Waals surface area contributed by atoms with Crippen LogP contribution in [0.15, 0.2) is 23.8 Å². The zero-order chi connectivity index (χ0) is 9.14. The molecule has 64 valence electrons. The third-order valence-electron chi connectivity index (χ3n) is 1.89. The topological polar surface area (TPSA) is 34.1 Å². The van der Waals surface area contributed by atoms with Crippen molar-refractivity contribution >= 4 is 11.6 Å². The number of allylic oxidation sites excluding steroid dienone is 4. The van der Waals surface area contributed by atoms with E-state index in [4.69, 9.17) is 0 Å². The number of carbonyl (C=O) groups is 2. The van der Waals surface area contributed by atoms with Gasteiger partial charge in [0.1, 0.15) is 0 Å². The summed E-state index contributed by atoms with van der Waals surface area (Å²) in [6.45, 7) is 4.08. The lowest BCUT2D eigenvalue weighted by atomic mass is 10.0. The molecule has 0 aromatic rings. The molecule has 1 rings (SSSR count). The summed E-state index contributed by atoms with van der Waals surface area (Å²) >= 11 is 0. The van der Waals surface area contributed by atoms with E-state index in [1.165, 1.54) is 6.08 Å². The summed E-state index contributed by atoms with van der Waals surface area (Å²) in [5, 5.41) is 0. The maximum absolute atomic E-state index is 10.9. The molecule has 0 radical (unpaired) electrons. The van der Waals surface area contributed by atoms with Gasteiger partial charge >= 0.3 is 0 Å². The molecule has 0 aromatic heterocycles. The van der Waals surface area contributed by atoms with Gasteiger partial charge in [-0.3, -0.25) is 9.59 Å². The molecule has 0 amide bonds. The molecule has 0 heterocycles. The molecule has 0 aromatic carbocycles. The standard InChI is InChI=1S/C10H12O2/c1-7(2)8-3-5-9(11)10(12)6-4-8/h3-5,7H,6H2,1-2H3. The largest absolute Gasteiger partial charge is 0.290 e. The van der Waals surface area contributed by atoms with Crippen molar-refractivity contribution in [3.05, 3.63) is 23.8 Å². The quantitative estimate of drug-likeness (QED) is 0.552. The predicted octanol–water partition coefficient (Wildman–Crippen LogP) is 1.67. The number of hydrogen-bond donors (Lipinski definition) is 0. The first kappa shape index (κ1) is 8.91. The lowest BCUT2D eigenvalue weighted by Crippen LogP contribution is -2.07. The molecule has 0 bridgehead atoms. The lowest BCUT2D eigenvalue weighted by molar-refractivity contribution is -0.133. The molecule has 1 aliphatic rings. The summed E-state index contributed by atoms with van der Waals surface area (Å²) in [5.74, 6) is -0.330. The van der Waals surface area contributed by atoms with Crippen molar-refractivity contribution in [2.75, 3.05) is 0 Å². The van der Waals surface area contributed by atoms with E-state index >= 15 is 0 Å². The first-order valence-corrected chi connectivity index (χ1v) is 4.06. The second-order valence-electron chi connectivity index (χ2n) is 3.18. The molecule has 1 aliphatic carbocycles. The first-order chi connectivity index (χ1) is 5.61. The molecular formula is C10H12O2. The Balaban J connectivity index is 2.87. The Morgan fingerprint density at radius 3 is 2.50 bits per heavy atom. The average Bonchev–Trinajstić information content (AvgIpc) is 2.16. The van der Waals surface area contributed by atoms with Crippen molar-refractivity contribution in [3.8, 4) is 0 Å². The van der Waals surface area contributed by atoms with Crippen LogP contribution in [0.1, 0.15) is 20.3 Å². The van der Waals surface area contributed by atoms with Crippen LogP contribution in [0.4, 0.5) is 0 Å².